The lowest BCUT2D eigenvalue weighted by molar-refractivity contribution is -0.113. The highest BCUT2D eigenvalue weighted by Gasteiger charge is 1.96. The summed E-state index contributed by atoms with van der Waals surface area (Å²) in [6.45, 7) is 5.11. The molecule has 0 aliphatic rings. The number of hydrogen-bond acceptors (Lipinski definition) is 2. The SMILES string of the molecule is CC(=O)/C(C)=C(/C)S. The zero-order valence-electron chi connectivity index (χ0n) is 5.36. The van der Waals surface area contributed by atoms with Gasteiger partial charge in [-0.2, -0.15) is 0 Å². The van der Waals surface area contributed by atoms with Crippen LogP contribution in [-0.2, 0) is 4.79 Å². The van der Waals surface area contributed by atoms with Crippen LogP contribution in [-0.4, -0.2) is 5.78 Å². The highest BCUT2D eigenvalue weighted by molar-refractivity contribution is 7.84. The largest absolute Gasteiger partial charge is 0.295 e. The average molecular weight is 130 g/mol. The highest BCUT2D eigenvalue weighted by atomic mass is 32.1. The van der Waals surface area contributed by atoms with Crippen molar-refractivity contribution in [2.45, 2.75) is 20.8 Å². The number of Topliss-reactive ketones (excluding diaryl/α,β-unsaturated/α-hetero) is 1. The van der Waals surface area contributed by atoms with Crippen molar-refractivity contribution in [2.24, 2.45) is 0 Å². The minimum absolute atomic E-state index is 0.0949. The van der Waals surface area contributed by atoms with Crippen LogP contribution in [0.2, 0.25) is 0 Å². The van der Waals surface area contributed by atoms with Crippen molar-refractivity contribution in [3.63, 3.8) is 0 Å². The van der Waals surface area contributed by atoms with Crippen LogP contribution in [0.25, 0.3) is 0 Å². The van der Waals surface area contributed by atoms with Gasteiger partial charge < -0.3 is 0 Å². The first kappa shape index (κ1) is 7.76. The molecule has 0 aliphatic heterocycles. The number of carbonyl (C=O) groups is 1. The Morgan fingerprint density at radius 3 is 1.62 bits per heavy atom. The fraction of sp³-hybridized carbons (Fsp3) is 0.500. The second-order valence-electron chi connectivity index (χ2n) is 1.77. The normalized spacial score (nSPS) is 13.0. The van der Waals surface area contributed by atoms with Gasteiger partial charge in [0.25, 0.3) is 0 Å². The van der Waals surface area contributed by atoms with Gasteiger partial charge in [0.1, 0.15) is 0 Å². The Balaban J connectivity index is 4.23. The summed E-state index contributed by atoms with van der Waals surface area (Å²) in [5.74, 6) is 0.0949. The van der Waals surface area contributed by atoms with Gasteiger partial charge >= 0.3 is 0 Å². The summed E-state index contributed by atoms with van der Waals surface area (Å²) in [7, 11) is 0. The Labute approximate surface area is 55.2 Å². The van der Waals surface area contributed by atoms with Crippen molar-refractivity contribution < 1.29 is 4.79 Å². The Kier molecular flexibility index (Phi) is 2.84. The number of carbonyl (C=O) groups excluding carboxylic acids is 1. The van der Waals surface area contributed by atoms with Crippen LogP contribution in [0.1, 0.15) is 20.8 Å². The maximum Gasteiger partial charge on any atom is 0.156 e. The summed E-state index contributed by atoms with van der Waals surface area (Å²) in [4.78, 5) is 11.3. The molecule has 1 nitrogen and oxygen atoms in total. The molecule has 0 aromatic carbocycles. The molecular formula is C6H10OS. The molecule has 0 saturated heterocycles. The summed E-state index contributed by atoms with van der Waals surface area (Å²) < 4.78 is 0. The summed E-state index contributed by atoms with van der Waals surface area (Å²) in [6, 6.07) is 0. The van der Waals surface area contributed by atoms with Gasteiger partial charge in [-0.3, -0.25) is 4.79 Å². The maximum atomic E-state index is 10.5. The molecule has 0 saturated carbocycles. The number of ketones is 1. The standard InChI is InChI=1S/C6H10OS/c1-4(5(2)7)6(3)8/h8H,1-3H3/b6-4-. The van der Waals surface area contributed by atoms with E-state index in [1.165, 1.54) is 6.92 Å². The third-order valence-electron chi connectivity index (χ3n) is 1.07. The maximum absolute atomic E-state index is 10.5. The summed E-state index contributed by atoms with van der Waals surface area (Å²) >= 11 is 3.99. The second-order valence-corrected chi connectivity index (χ2v) is 2.44. The van der Waals surface area contributed by atoms with Crippen LogP contribution < -0.4 is 0 Å². The Bertz CT molecular complexity index is 131. The Morgan fingerprint density at radius 1 is 1.25 bits per heavy atom. The molecule has 0 spiro atoms. The fourth-order valence-electron chi connectivity index (χ4n) is 0.255. The van der Waals surface area contributed by atoms with E-state index in [0.29, 0.717) is 0 Å². The molecule has 0 aliphatic carbocycles. The van der Waals surface area contributed by atoms with Crippen molar-refractivity contribution in [2.75, 3.05) is 0 Å². The Morgan fingerprint density at radius 2 is 1.62 bits per heavy atom. The van der Waals surface area contributed by atoms with Crippen LogP contribution in [0.4, 0.5) is 0 Å². The van der Waals surface area contributed by atoms with Crippen LogP contribution in [0.5, 0.6) is 0 Å². The van der Waals surface area contributed by atoms with Crippen LogP contribution in [0.3, 0.4) is 0 Å². The lowest BCUT2D eigenvalue weighted by Crippen LogP contribution is -1.91. The summed E-state index contributed by atoms with van der Waals surface area (Å²) in [5.41, 5.74) is 0.744. The first-order valence-corrected chi connectivity index (χ1v) is 2.87. The molecule has 0 rings (SSSR count). The predicted octanol–water partition coefficient (Wildman–Crippen LogP) is 1.80. The highest BCUT2D eigenvalue weighted by Crippen LogP contribution is 2.06. The van der Waals surface area contributed by atoms with E-state index in [1.54, 1.807) is 13.8 Å². The average Bonchev–Trinajstić information content (AvgIpc) is 1.64. The monoisotopic (exact) mass is 130 g/mol. The molecule has 8 heavy (non-hydrogen) atoms. The quantitative estimate of drug-likeness (QED) is 0.423. The van der Waals surface area contributed by atoms with Crippen LogP contribution in [0.15, 0.2) is 10.5 Å². The number of allylic oxidation sites excluding steroid dienone is 2. The molecule has 0 atom stereocenters. The molecule has 0 bridgehead atoms. The van der Waals surface area contributed by atoms with E-state index in [4.69, 9.17) is 0 Å². The lowest BCUT2D eigenvalue weighted by Gasteiger charge is -1.93. The van der Waals surface area contributed by atoms with Crippen molar-refractivity contribution in [1.82, 2.24) is 0 Å². The Hall–Kier alpha value is -0.240. The van der Waals surface area contributed by atoms with Crippen molar-refractivity contribution >= 4 is 18.4 Å². The van der Waals surface area contributed by atoms with E-state index in [2.05, 4.69) is 12.6 Å². The third kappa shape index (κ3) is 2.17. The summed E-state index contributed by atoms with van der Waals surface area (Å²) in [5, 5.41) is 0. The van der Waals surface area contributed by atoms with E-state index < -0.39 is 0 Å². The van der Waals surface area contributed by atoms with E-state index >= 15 is 0 Å². The van der Waals surface area contributed by atoms with Gasteiger partial charge in [0.2, 0.25) is 0 Å². The first-order chi connectivity index (χ1) is 3.55. The van der Waals surface area contributed by atoms with Crippen molar-refractivity contribution in [1.29, 1.82) is 0 Å². The van der Waals surface area contributed by atoms with Gasteiger partial charge in [0.15, 0.2) is 5.78 Å². The number of rotatable bonds is 1. The summed E-state index contributed by atoms with van der Waals surface area (Å²) in [6.07, 6.45) is 0. The molecular weight excluding hydrogens is 120 g/mol. The second kappa shape index (κ2) is 2.92. The van der Waals surface area contributed by atoms with Crippen molar-refractivity contribution in [3.8, 4) is 0 Å². The van der Waals surface area contributed by atoms with Crippen molar-refractivity contribution in [3.05, 3.63) is 10.5 Å². The smallest absolute Gasteiger partial charge is 0.156 e. The van der Waals surface area contributed by atoms with E-state index in [-0.39, 0.29) is 5.78 Å². The minimum Gasteiger partial charge on any atom is -0.295 e. The van der Waals surface area contributed by atoms with Crippen LogP contribution >= 0.6 is 12.6 Å². The molecule has 0 N–H and O–H groups in total. The lowest BCUT2D eigenvalue weighted by atomic mass is 10.2. The third-order valence-corrected chi connectivity index (χ3v) is 1.41. The van der Waals surface area contributed by atoms with Gasteiger partial charge in [-0.1, -0.05) is 0 Å². The van der Waals surface area contributed by atoms with Gasteiger partial charge in [-0.05, 0) is 25.7 Å². The molecule has 46 valence electrons. The fourth-order valence-corrected chi connectivity index (χ4v) is 0.412. The molecule has 0 unspecified atom stereocenters. The van der Waals surface area contributed by atoms with Gasteiger partial charge in [0.05, 0.1) is 0 Å². The molecule has 0 aromatic heterocycles. The topological polar surface area (TPSA) is 17.1 Å². The minimum atomic E-state index is 0.0949. The molecule has 0 aromatic rings. The molecule has 0 heterocycles. The molecule has 0 radical (unpaired) electrons. The van der Waals surface area contributed by atoms with Gasteiger partial charge in [-0.25, -0.2) is 0 Å². The number of thiol groups is 1. The molecule has 2 heteroatoms. The van der Waals surface area contributed by atoms with E-state index in [0.717, 1.165) is 10.5 Å². The predicted molar refractivity (Wildman–Crippen MR) is 38.0 cm³/mol. The van der Waals surface area contributed by atoms with Gasteiger partial charge in [0, 0.05) is 5.57 Å². The molecule has 0 fully saturated rings. The zero-order chi connectivity index (χ0) is 6.73. The van der Waals surface area contributed by atoms with E-state index in [1.807, 2.05) is 0 Å². The van der Waals surface area contributed by atoms with Gasteiger partial charge in [-0.15, -0.1) is 12.6 Å². The van der Waals surface area contributed by atoms with E-state index in [9.17, 15) is 4.79 Å². The number of hydrogen-bond donors (Lipinski definition) is 1. The first-order valence-electron chi connectivity index (χ1n) is 2.43. The molecule has 0 amide bonds. The zero-order valence-corrected chi connectivity index (χ0v) is 6.25. The van der Waals surface area contributed by atoms with Crippen LogP contribution in [0, 0.1) is 0 Å².